The standard InChI is InChI=1S/C13H17N3S/c1-17-13(14)15-16-8-10-6-2-4-9-5-3-7-11(16)12(9)10/h3,5,7,10H,2,4,6,8H2,1H3,(H2,14,15). The van der Waals surface area contributed by atoms with E-state index in [0.29, 0.717) is 11.1 Å². The van der Waals surface area contributed by atoms with Crippen molar-refractivity contribution in [2.24, 2.45) is 10.8 Å². The minimum atomic E-state index is 0.640. The number of amidine groups is 1. The highest BCUT2D eigenvalue weighted by Crippen LogP contribution is 2.44. The monoisotopic (exact) mass is 247 g/mol. The average molecular weight is 247 g/mol. The topological polar surface area (TPSA) is 41.6 Å². The number of hydrogen-bond donors (Lipinski definition) is 1. The number of benzene rings is 1. The maximum absolute atomic E-state index is 5.82. The summed E-state index contributed by atoms with van der Waals surface area (Å²) in [4.78, 5) is 0. The predicted octanol–water partition coefficient (Wildman–Crippen LogP) is 2.52. The third kappa shape index (κ3) is 1.80. The molecule has 1 aliphatic heterocycles. The van der Waals surface area contributed by atoms with Crippen LogP contribution in [0, 0.1) is 0 Å². The van der Waals surface area contributed by atoms with Crippen LogP contribution in [0.1, 0.15) is 29.9 Å². The Morgan fingerprint density at radius 1 is 1.53 bits per heavy atom. The molecule has 3 rings (SSSR count). The molecule has 1 unspecified atom stereocenters. The number of nitrogens with two attached hydrogens (primary N) is 1. The molecule has 0 saturated carbocycles. The molecule has 2 N–H and O–H groups in total. The van der Waals surface area contributed by atoms with Crippen molar-refractivity contribution >= 4 is 22.6 Å². The Bertz CT molecular complexity index is 470. The summed E-state index contributed by atoms with van der Waals surface area (Å²) in [6.45, 7) is 0.994. The van der Waals surface area contributed by atoms with Gasteiger partial charge in [-0.3, -0.25) is 5.01 Å². The van der Waals surface area contributed by atoms with Crippen molar-refractivity contribution in [3.8, 4) is 0 Å². The van der Waals surface area contributed by atoms with Crippen molar-refractivity contribution in [1.82, 2.24) is 0 Å². The van der Waals surface area contributed by atoms with Crippen LogP contribution in [-0.4, -0.2) is 18.0 Å². The molecule has 1 atom stereocenters. The van der Waals surface area contributed by atoms with Crippen molar-refractivity contribution in [1.29, 1.82) is 0 Å². The van der Waals surface area contributed by atoms with Crippen LogP contribution < -0.4 is 10.7 Å². The van der Waals surface area contributed by atoms with Gasteiger partial charge >= 0.3 is 0 Å². The molecule has 0 radical (unpaired) electrons. The van der Waals surface area contributed by atoms with Crippen LogP contribution in [0.3, 0.4) is 0 Å². The van der Waals surface area contributed by atoms with Crippen molar-refractivity contribution in [3.63, 3.8) is 0 Å². The van der Waals surface area contributed by atoms with Gasteiger partial charge in [-0.1, -0.05) is 23.9 Å². The summed E-state index contributed by atoms with van der Waals surface area (Å²) in [5.41, 5.74) is 10.1. The number of nitrogens with zero attached hydrogens (tertiary/aromatic N) is 2. The van der Waals surface area contributed by atoms with Crippen molar-refractivity contribution in [2.45, 2.75) is 25.2 Å². The van der Waals surface area contributed by atoms with Crippen LogP contribution in [0.2, 0.25) is 0 Å². The lowest BCUT2D eigenvalue weighted by atomic mass is 9.84. The molecule has 0 aromatic heterocycles. The first kappa shape index (κ1) is 11.0. The van der Waals surface area contributed by atoms with E-state index in [1.165, 1.54) is 47.8 Å². The molecule has 0 amide bonds. The van der Waals surface area contributed by atoms with Crippen LogP contribution >= 0.6 is 11.8 Å². The van der Waals surface area contributed by atoms with Gasteiger partial charge in [0.1, 0.15) is 0 Å². The van der Waals surface area contributed by atoms with Crippen LogP contribution in [0.25, 0.3) is 0 Å². The summed E-state index contributed by atoms with van der Waals surface area (Å²) in [7, 11) is 0. The van der Waals surface area contributed by atoms with E-state index in [-0.39, 0.29) is 0 Å². The fourth-order valence-electron chi connectivity index (χ4n) is 2.94. The normalized spacial score (nSPS) is 22.8. The lowest BCUT2D eigenvalue weighted by molar-refractivity contribution is 0.576. The highest BCUT2D eigenvalue weighted by molar-refractivity contribution is 8.13. The Labute approximate surface area is 106 Å². The number of aryl methyl sites for hydroxylation is 1. The van der Waals surface area contributed by atoms with Crippen molar-refractivity contribution < 1.29 is 0 Å². The lowest BCUT2D eigenvalue weighted by Gasteiger charge is -2.19. The molecule has 1 aromatic carbocycles. The SMILES string of the molecule is CSC(N)=NN1CC2CCCc3cccc1c32. The van der Waals surface area contributed by atoms with E-state index in [1.807, 2.05) is 6.26 Å². The molecule has 1 heterocycles. The molecule has 90 valence electrons. The van der Waals surface area contributed by atoms with E-state index >= 15 is 0 Å². The van der Waals surface area contributed by atoms with Gasteiger partial charge in [-0.15, -0.1) is 5.10 Å². The summed E-state index contributed by atoms with van der Waals surface area (Å²) >= 11 is 1.50. The van der Waals surface area contributed by atoms with E-state index in [9.17, 15) is 0 Å². The molecule has 0 fully saturated rings. The molecule has 0 bridgehead atoms. The third-order valence-corrected chi connectivity index (χ3v) is 4.18. The van der Waals surface area contributed by atoms with Gasteiger partial charge in [0, 0.05) is 12.5 Å². The molecular weight excluding hydrogens is 230 g/mol. The first-order valence-corrected chi connectivity index (χ1v) is 7.29. The highest BCUT2D eigenvalue weighted by atomic mass is 32.2. The molecule has 4 heteroatoms. The smallest absolute Gasteiger partial charge is 0.178 e. The van der Waals surface area contributed by atoms with E-state index in [0.717, 1.165) is 6.54 Å². The van der Waals surface area contributed by atoms with Gasteiger partial charge in [0.2, 0.25) is 0 Å². The van der Waals surface area contributed by atoms with Crippen LogP contribution in [0.15, 0.2) is 23.3 Å². The minimum absolute atomic E-state index is 0.640. The lowest BCUT2D eigenvalue weighted by Crippen LogP contribution is -2.20. The fourth-order valence-corrected chi connectivity index (χ4v) is 3.12. The summed E-state index contributed by atoms with van der Waals surface area (Å²) in [5, 5.41) is 7.22. The van der Waals surface area contributed by atoms with Gasteiger partial charge in [-0.25, -0.2) is 0 Å². The quantitative estimate of drug-likeness (QED) is 0.612. The maximum atomic E-state index is 5.82. The van der Waals surface area contributed by atoms with Crippen molar-refractivity contribution in [2.75, 3.05) is 17.8 Å². The molecule has 2 aliphatic rings. The third-order valence-electron chi connectivity index (χ3n) is 3.68. The Kier molecular flexibility index (Phi) is 2.74. The Hall–Kier alpha value is -1.16. The first-order chi connectivity index (χ1) is 8.29. The van der Waals surface area contributed by atoms with E-state index in [1.54, 1.807) is 0 Å². The van der Waals surface area contributed by atoms with Gasteiger partial charge < -0.3 is 5.73 Å². The Balaban J connectivity index is 2.02. The first-order valence-electron chi connectivity index (χ1n) is 6.07. The molecule has 1 aliphatic carbocycles. The minimum Gasteiger partial charge on any atom is -0.377 e. The van der Waals surface area contributed by atoms with Crippen LogP contribution in [0.4, 0.5) is 5.69 Å². The van der Waals surface area contributed by atoms with E-state index in [2.05, 4.69) is 28.3 Å². The maximum Gasteiger partial charge on any atom is 0.178 e. The second kappa shape index (κ2) is 4.26. The van der Waals surface area contributed by atoms with Gasteiger partial charge in [-0.2, -0.15) is 0 Å². The molecular formula is C13H17N3S. The second-order valence-corrected chi connectivity index (χ2v) is 5.49. The molecule has 17 heavy (non-hydrogen) atoms. The summed E-state index contributed by atoms with van der Waals surface area (Å²) in [6, 6.07) is 6.57. The summed E-state index contributed by atoms with van der Waals surface area (Å²) in [5.74, 6) is 0.661. The molecule has 0 spiro atoms. The number of rotatable bonds is 1. The number of thioether (sulfide) groups is 1. The average Bonchev–Trinajstić information content (AvgIpc) is 2.70. The fraction of sp³-hybridized carbons (Fsp3) is 0.462. The number of hydrogen-bond acceptors (Lipinski definition) is 3. The summed E-state index contributed by atoms with van der Waals surface area (Å²) in [6.07, 6.45) is 5.77. The predicted molar refractivity (Wildman–Crippen MR) is 74.6 cm³/mol. The Morgan fingerprint density at radius 2 is 2.41 bits per heavy atom. The van der Waals surface area contributed by atoms with Crippen LogP contribution in [-0.2, 0) is 6.42 Å². The zero-order valence-corrected chi connectivity index (χ0v) is 10.8. The second-order valence-electron chi connectivity index (χ2n) is 4.66. The van der Waals surface area contributed by atoms with Gasteiger partial charge in [0.25, 0.3) is 0 Å². The van der Waals surface area contributed by atoms with Gasteiger partial charge in [0.05, 0.1) is 5.69 Å². The number of hydrazone groups is 1. The van der Waals surface area contributed by atoms with Gasteiger partial charge in [-0.05, 0) is 42.7 Å². The van der Waals surface area contributed by atoms with Crippen LogP contribution in [0.5, 0.6) is 0 Å². The molecule has 1 aromatic rings. The zero-order valence-electron chi connectivity index (χ0n) is 10.0. The van der Waals surface area contributed by atoms with Gasteiger partial charge in [0.15, 0.2) is 5.17 Å². The number of anilines is 1. The highest BCUT2D eigenvalue weighted by Gasteiger charge is 2.32. The van der Waals surface area contributed by atoms with Crippen molar-refractivity contribution in [3.05, 3.63) is 29.3 Å². The molecule has 0 saturated heterocycles. The Morgan fingerprint density at radius 3 is 3.24 bits per heavy atom. The van der Waals surface area contributed by atoms with E-state index < -0.39 is 0 Å². The zero-order chi connectivity index (χ0) is 11.8. The molecule has 3 nitrogen and oxygen atoms in total. The van der Waals surface area contributed by atoms with E-state index in [4.69, 9.17) is 5.73 Å². The summed E-state index contributed by atoms with van der Waals surface area (Å²) < 4.78 is 0. The largest absolute Gasteiger partial charge is 0.377 e.